The van der Waals surface area contributed by atoms with Crippen LogP contribution in [0.5, 0.6) is 0 Å². The van der Waals surface area contributed by atoms with Gasteiger partial charge in [-0.25, -0.2) is 8.42 Å². The highest BCUT2D eigenvalue weighted by Gasteiger charge is 2.27. The maximum atomic E-state index is 12.9. The maximum absolute atomic E-state index is 12.9. The van der Waals surface area contributed by atoms with Gasteiger partial charge in [0.25, 0.3) is 0 Å². The molecule has 1 heterocycles. The van der Waals surface area contributed by atoms with E-state index in [-0.39, 0.29) is 10.8 Å². The van der Waals surface area contributed by atoms with Crippen molar-refractivity contribution in [3.8, 4) is 0 Å². The summed E-state index contributed by atoms with van der Waals surface area (Å²) in [4.78, 5) is 14.9. The van der Waals surface area contributed by atoms with Gasteiger partial charge < -0.3 is 10.2 Å². The van der Waals surface area contributed by atoms with Crippen LogP contribution in [0, 0.1) is 0 Å². The summed E-state index contributed by atoms with van der Waals surface area (Å²) in [5.74, 6) is -0.0979. The molecule has 0 spiro atoms. The summed E-state index contributed by atoms with van der Waals surface area (Å²) >= 11 is 0. The van der Waals surface area contributed by atoms with Crippen molar-refractivity contribution in [3.05, 3.63) is 59.2 Å². The first-order valence-corrected chi connectivity index (χ1v) is 12.1. The summed E-state index contributed by atoms with van der Waals surface area (Å²) in [6.07, 6.45) is 3.73. The smallest absolute Gasteiger partial charge is 0.243 e. The number of sulfonamides is 1. The molecule has 1 aliphatic carbocycles. The Hall–Kier alpha value is -2.22. The lowest BCUT2D eigenvalue weighted by atomic mass is 10.0. The first-order chi connectivity index (χ1) is 14.5. The summed E-state index contributed by atoms with van der Waals surface area (Å²) in [5.41, 5.74) is 4.37. The van der Waals surface area contributed by atoms with Crippen molar-refractivity contribution in [3.63, 3.8) is 0 Å². The molecule has 1 fully saturated rings. The van der Waals surface area contributed by atoms with E-state index in [0.717, 1.165) is 38.0 Å². The standard InChI is InChI=1S/C23H29N3O3S/c1-2-25-12-14-26(15-13-25)30(28,29)22-10-8-21(9-11-22)24-23(27)17-18-6-7-19-4-3-5-20(19)16-18/h6-11,16H,2-5,12-15,17H2,1H3,(H,24,27). The number of aryl methyl sites for hydroxylation is 2. The normalized spacial score (nSPS) is 17.6. The van der Waals surface area contributed by atoms with Crippen molar-refractivity contribution in [1.82, 2.24) is 9.21 Å². The van der Waals surface area contributed by atoms with E-state index in [1.54, 1.807) is 28.6 Å². The van der Waals surface area contributed by atoms with Crippen molar-refractivity contribution < 1.29 is 13.2 Å². The van der Waals surface area contributed by atoms with E-state index in [1.807, 2.05) is 6.07 Å². The predicted octanol–water partition coefficient (Wildman–Crippen LogP) is 2.68. The molecule has 0 atom stereocenters. The average molecular weight is 428 g/mol. The third-order valence-electron chi connectivity index (χ3n) is 6.08. The second kappa shape index (κ2) is 8.88. The number of carbonyl (C=O) groups is 1. The Morgan fingerprint density at radius 2 is 1.67 bits per heavy atom. The van der Waals surface area contributed by atoms with Gasteiger partial charge >= 0.3 is 0 Å². The van der Waals surface area contributed by atoms with Crippen molar-refractivity contribution >= 4 is 21.6 Å². The number of anilines is 1. The summed E-state index contributed by atoms with van der Waals surface area (Å²) in [5, 5.41) is 2.88. The van der Waals surface area contributed by atoms with E-state index < -0.39 is 10.0 Å². The third-order valence-corrected chi connectivity index (χ3v) is 7.99. The van der Waals surface area contributed by atoms with Crippen LogP contribution in [0.4, 0.5) is 5.69 Å². The van der Waals surface area contributed by atoms with Crippen LogP contribution in [0.3, 0.4) is 0 Å². The highest BCUT2D eigenvalue weighted by Crippen LogP contribution is 2.23. The van der Waals surface area contributed by atoms with Gasteiger partial charge in [0, 0.05) is 31.9 Å². The van der Waals surface area contributed by atoms with Gasteiger partial charge in [-0.1, -0.05) is 25.1 Å². The zero-order valence-electron chi connectivity index (χ0n) is 17.4. The molecule has 160 valence electrons. The molecule has 4 rings (SSSR count). The molecule has 0 radical (unpaired) electrons. The molecule has 1 amide bonds. The molecule has 30 heavy (non-hydrogen) atoms. The van der Waals surface area contributed by atoms with Gasteiger partial charge in [-0.05, 0) is 66.8 Å². The summed E-state index contributed by atoms with van der Waals surface area (Å²) in [6.45, 7) is 5.55. The fraction of sp³-hybridized carbons (Fsp3) is 0.435. The van der Waals surface area contributed by atoms with Gasteiger partial charge in [0.05, 0.1) is 11.3 Å². The maximum Gasteiger partial charge on any atom is 0.243 e. The predicted molar refractivity (Wildman–Crippen MR) is 118 cm³/mol. The number of hydrogen-bond donors (Lipinski definition) is 1. The van der Waals surface area contributed by atoms with Gasteiger partial charge in [0.1, 0.15) is 0 Å². The SMILES string of the molecule is CCN1CCN(S(=O)(=O)c2ccc(NC(=O)Cc3ccc4c(c3)CCC4)cc2)CC1. The topological polar surface area (TPSA) is 69.7 Å². The number of hydrogen-bond acceptors (Lipinski definition) is 4. The highest BCUT2D eigenvalue weighted by atomic mass is 32.2. The second-order valence-corrected chi connectivity index (χ2v) is 9.98. The second-order valence-electron chi connectivity index (χ2n) is 8.04. The van der Waals surface area contributed by atoms with E-state index in [9.17, 15) is 13.2 Å². The molecule has 6 nitrogen and oxygen atoms in total. The lowest BCUT2D eigenvalue weighted by Gasteiger charge is -2.33. The summed E-state index contributed by atoms with van der Waals surface area (Å²) < 4.78 is 27.3. The lowest BCUT2D eigenvalue weighted by molar-refractivity contribution is -0.115. The first kappa shape index (κ1) is 21.0. The van der Waals surface area contributed by atoms with Crippen molar-refractivity contribution in [1.29, 1.82) is 0 Å². The van der Waals surface area contributed by atoms with Gasteiger partial charge in [-0.3, -0.25) is 4.79 Å². The first-order valence-electron chi connectivity index (χ1n) is 10.7. The van der Waals surface area contributed by atoms with Crippen LogP contribution >= 0.6 is 0 Å². The van der Waals surface area contributed by atoms with Crippen LogP contribution in [0.25, 0.3) is 0 Å². The molecule has 2 aromatic rings. The number of likely N-dealkylation sites (N-methyl/N-ethyl adjacent to an activating group) is 1. The van der Waals surface area contributed by atoms with E-state index in [1.165, 1.54) is 17.5 Å². The largest absolute Gasteiger partial charge is 0.326 e. The molecule has 2 aromatic carbocycles. The summed E-state index contributed by atoms with van der Waals surface area (Å²) in [7, 11) is -3.50. The molecule has 0 saturated carbocycles. The minimum absolute atomic E-state index is 0.0979. The number of nitrogens with one attached hydrogen (secondary N) is 1. The van der Waals surface area contributed by atoms with E-state index >= 15 is 0 Å². The number of amides is 1. The quantitative estimate of drug-likeness (QED) is 0.770. The Morgan fingerprint density at radius 1 is 0.967 bits per heavy atom. The average Bonchev–Trinajstić information content (AvgIpc) is 3.22. The Bertz CT molecular complexity index is 1010. The Kier molecular flexibility index (Phi) is 6.22. The molecule has 2 aliphatic rings. The number of nitrogens with zero attached hydrogens (tertiary/aromatic N) is 2. The molecule has 7 heteroatoms. The van der Waals surface area contributed by atoms with Gasteiger partial charge in [-0.2, -0.15) is 4.31 Å². The van der Waals surface area contributed by atoms with Crippen LogP contribution in [-0.2, 0) is 34.1 Å². The minimum atomic E-state index is -3.50. The van der Waals surface area contributed by atoms with Crippen LogP contribution in [0.1, 0.15) is 30.0 Å². The molecular formula is C23H29N3O3S. The van der Waals surface area contributed by atoms with Crippen LogP contribution in [0.2, 0.25) is 0 Å². The number of benzene rings is 2. The molecule has 1 saturated heterocycles. The van der Waals surface area contributed by atoms with Crippen molar-refractivity contribution in [2.45, 2.75) is 37.5 Å². The van der Waals surface area contributed by atoms with Crippen molar-refractivity contribution in [2.24, 2.45) is 0 Å². The number of rotatable bonds is 6. The van der Waals surface area contributed by atoms with Crippen LogP contribution in [0.15, 0.2) is 47.4 Å². The zero-order chi connectivity index (χ0) is 21.1. The molecule has 0 unspecified atom stereocenters. The minimum Gasteiger partial charge on any atom is -0.326 e. The third kappa shape index (κ3) is 4.58. The number of fused-ring (bicyclic) bond motifs is 1. The molecular weight excluding hydrogens is 398 g/mol. The van der Waals surface area contributed by atoms with E-state index in [0.29, 0.717) is 25.2 Å². The van der Waals surface area contributed by atoms with E-state index in [2.05, 4.69) is 29.3 Å². The van der Waals surface area contributed by atoms with Crippen LogP contribution in [-0.4, -0.2) is 56.3 Å². The Balaban J connectivity index is 1.37. The summed E-state index contributed by atoms with van der Waals surface area (Å²) in [6, 6.07) is 12.8. The zero-order valence-corrected chi connectivity index (χ0v) is 18.2. The van der Waals surface area contributed by atoms with Crippen molar-refractivity contribution in [2.75, 3.05) is 38.0 Å². The Morgan fingerprint density at radius 3 is 2.37 bits per heavy atom. The highest BCUT2D eigenvalue weighted by molar-refractivity contribution is 7.89. The molecule has 0 bridgehead atoms. The number of carbonyl (C=O) groups excluding carboxylic acids is 1. The van der Waals surface area contributed by atoms with Crippen LogP contribution < -0.4 is 5.32 Å². The molecule has 0 aromatic heterocycles. The van der Waals surface area contributed by atoms with Gasteiger partial charge in [0.2, 0.25) is 15.9 Å². The molecule has 1 aliphatic heterocycles. The van der Waals surface area contributed by atoms with E-state index in [4.69, 9.17) is 0 Å². The Labute approximate surface area is 178 Å². The number of piperazine rings is 1. The van der Waals surface area contributed by atoms with Gasteiger partial charge in [0.15, 0.2) is 0 Å². The fourth-order valence-corrected chi connectivity index (χ4v) is 5.69. The van der Waals surface area contributed by atoms with Gasteiger partial charge in [-0.15, -0.1) is 0 Å². The molecule has 1 N–H and O–H groups in total. The monoisotopic (exact) mass is 427 g/mol. The fourth-order valence-electron chi connectivity index (χ4n) is 4.27. The lowest BCUT2D eigenvalue weighted by Crippen LogP contribution is -2.48.